The number of benzene rings is 1. The summed E-state index contributed by atoms with van der Waals surface area (Å²) in [5.74, 6) is 0. The van der Waals surface area contributed by atoms with Crippen molar-refractivity contribution >= 4 is 0 Å². The summed E-state index contributed by atoms with van der Waals surface area (Å²) < 4.78 is 0. The fourth-order valence-electron chi connectivity index (χ4n) is 2.98. The number of likely N-dealkylation sites (N-methyl/N-ethyl adjacent to an activating group) is 1. The largest absolute Gasteiger partial charge is 0.314 e. The molecular weight excluding hydrogens is 256 g/mol. The van der Waals surface area contributed by atoms with Crippen LogP contribution >= 0.6 is 0 Å². The van der Waals surface area contributed by atoms with Gasteiger partial charge in [-0.2, -0.15) is 0 Å². The van der Waals surface area contributed by atoms with Gasteiger partial charge in [0.25, 0.3) is 0 Å². The second-order valence-electron chi connectivity index (χ2n) is 8.20. The van der Waals surface area contributed by atoms with Gasteiger partial charge in [0.05, 0.1) is 0 Å². The van der Waals surface area contributed by atoms with Gasteiger partial charge >= 0.3 is 0 Å². The first kappa shape index (κ1) is 18.2. The van der Waals surface area contributed by atoms with Crippen LogP contribution in [0.1, 0.15) is 47.1 Å². The van der Waals surface area contributed by atoms with E-state index >= 15 is 0 Å². The van der Waals surface area contributed by atoms with E-state index in [2.05, 4.69) is 89.1 Å². The molecule has 0 amide bonds. The maximum atomic E-state index is 3.63. The molecule has 1 atom stereocenters. The van der Waals surface area contributed by atoms with Gasteiger partial charge in [-0.3, -0.25) is 0 Å². The van der Waals surface area contributed by atoms with Crippen molar-refractivity contribution in [3.8, 4) is 0 Å². The Morgan fingerprint density at radius 3 is 2.05 bits per heavy atom. The SMILES string of the molecule is CC(C)NCC(C)(CN(C)CC(C)(C)C)c1ccccc1. The van der Waals surface area contributed by atoms with E-state index in [1.807, 2.05) is 0 Å². The molecule has 1 N–H and O–H groups in total. The number of hydrogen-bond donors (Lipinski definition) is 1. The average molecular weight is 290 g/mol. The van der Waals surface area contributed by atoms with Gasteiger partial charge in [0.1, 0.15) is 0 Å². The summed E-state index contributed by atoms with van der Waals surface area (Å²) in [4.78, 5) is 2.47. The van der Waals surface area contributed by atoms with Crippen LogP contribution in [0.25, 0.3) is 0 Å². The summed E-state index contributed by atoms with van der Waals surface area (Å²) in [7, 11) is 2.24. The molecule has 2 nitrogen and oxygen atoms in total. The third kappa shape index (κ3) is 6.62. The smallest absolute Gasteiger partial charge is 0.0177 e. The van der Waals surface area contributed by atoms with Crippen molar-refractivity contribution in [2.75, 3.05) is 26.7 Å². The normalized spacial score (nSPS) is 15.5. The molecule has 120 valence electrons. The molecule has 2 heteroatoms. The Hall–Kier alpha value is -0.860. The summed E-state index contributed by atoms with van der Waals surface area (Å²) >= 11 is 0. The number of rotatable bonds is 7. The third-order valence-corrected chi connectivity index (χ3v) is 3.73. The highest BCUT2D eigenvalue weighted by molar-refractivity contribution is 5.25. The first-order valence-electron chi connectivity index (χ1n) is 8.10. The first-order valence-corrected chi connectivity index (χ1v) is 8.10. The molecule has 1 aromatic rings. The van der Waals surface area contributed by atoms with Crippen LogP contribution in [0, 0.1) is 5.41 Å². The average Bonchev–Trinajstić information content (AvgIpc) is 2.35. The third-order valence-electron chi connectivity index (χ3n) is 3.73. The Bertz CT molecular complexity index is 405. The van der Waals surface area contributed by atoms with Crippen LogP contribution in [0.4, 0.5) is 0 Å². The molecule has 0 spiro atoms. The standard InChI is InChI=1S/C19H34N2/c1-16(2)20-13-19(6,17-11-9-8-10-12-17)15-21(7)14-18(3,4)5/h8-12,16,20H,13-15H2,1-7H3. The second-order valence-corrected chi connectivity index (χ2v) is 8.20. The molecule has 1 aromatic carbocycles. The van der Waals surface area contributed by atoms with Gasteiger partial charge in [-0.1, -0.05) is 71.9 Å². The fraction of sp³-hybridized carbons (Fsp3) is 0.684. The Kier molecular flexibility index (Phi) is 6.42. The van der Waals surface area contributed by atoms with Crippen LogP contribution in [0.3, 0.4) is 0 Å². The molecule has 0 saturated heterocycles. The van der Waals surface area contributed by atoms with E-state index in [0.717, 1.165) is 19.6 Å². The second kappa shape index (κ2) is 7.42. The van der Waals surface area contributed by atoms with Gasteiger partial charge in [0, 0.05) is 31.1 Å². The minimum absolute atomic E-state index is 0.130. The highest BCUT2D eigenvalue weighted by atomic mass is 15.1. The zero-order valence-electron chi connectivity index (χ0n) is 15.0. The van der Waals surface area contributed by atoms with Crippen LogP contribution in [0.2, 0.25) is 0 Å². The van der Waals surface area contributed by atoms with E-state index in [1.165, 1.54) is 5.56 Å². The minimum atomic E-state index is 0.130. The summed E-state index contributed by atoms with van der Waals surface area (Å²) in [5, 5.41) is 3.63. The van der Waals surface area contributed by atoms with Gasteiger partial charge in [-0.05, 0) is 18.0 Å². The lowest BCUT2D eigenvalue weighted by Crippen LogP contribution is -2.47. The molecular formula is C19H34N2. The quantitative estimate of drug-likeness (QED) is 0.819. The van der Waals surface area contributed by atoms with Gasteiger partial charge in [-0.15, -0.1) is 0 Å². The zero-order chi connectivity index (χ0) is 16.1. The van der Waals surface area contributed by atoms with E-state index < -0.39 is 0 Å². The molecule has 0 aliphatic heterocycles. The van der Waals surface area contributed by atoms with Crippen LogP contribution in [-0.4, -0.2) is 37.6 Å². The molecule has 0 bridgehead atoms. The zero-order valence-corrected chi connectivity index (χ0v) is 15.0. The molecule has 21 heavy (non-hydrogen) atoms. The lowest BCUT2D eigenvalue weighted by atomic mass is 9.81. The Morgan fingerprint density at radius 2 is 1.57 bits per heavy atom. The number of nitrogens with one attached hydrogen (secondary N) is 1. The van der Waals surface area contributed by atoms with Crippen LogP contribution in [0.15, 0.2) is 30.3 Å². The van der Waals surface area contributed by atoms with Gasteiger partial charge in [0.2, 0.25) is 0 Å². The molecule has 0 radical (unpaired) electrons. The van der Waals surface area contributed by atoms with Gasteiger partial charge < -0.3 is 10.2 Å². The predicted octanol–water partition coefficient (Wildman–Crippen LogP) is 3.92. The van der Waals surface area contributed by atoms with Crippen molar-refractivity contribution in [2.24, 2.45) is 5.41 Å². The molecule has 0 aliphatic carbocycles. The van der Waals surface area contributed by atoms with Crippen LogP contribution < -0.4 is 5.32 Å². The summed E-state index contributed by atoms with van der Waals surface area (Å²) in [6, 6.07) is 11.4. The van der Waals surface area contributed by atoms with Gasteiger partial charge in [-0.25, -0.2) is 0 Å². The Morgan fingerprint density at radius 1 is 1.00 bits per heavy atom. The monoisotopic (exact) mass is 290 g/mol. The first-order chi connectivity index (χ1) is 9.62. The number of hydrogen-bond acceptors (Lipinski definition) is 2. The molecule has 0 aromatic heterocycles. The highest BCUT2D eigenvalue weighted by Crippen LogP contribution is 2.26. The van der Waals surface area contributed by atoms with Crippen LogP contribution in [0.5, 0.6) is 0 Å². The minimum Gasteiger partial charge on any atom is -0.314 e. The maximum Gasteiger partial charge on any atom is 0.0177 e. The van der Waals surface area contributed by atoms with E-state index in [4.69, 9.17) is 0 Å². The Balaban J connectivity index is 2.87. The molecule has 0 fully saturated rings. The molecule has 0 aliphatic rings. The summed E-state index contributed by atoms with van der Waals surface area (Å²) in [6.07, 6.45) is 0. The summed E-state index contributed by atoms with van der Waals surface area (Å²) in [6.45, 7) is 16.9. The molecule has 1 unspecified atom stereocenters. The van der Waals surface area contributed by atoms with Crippen molar-refractivity contribution < 1.29 is 0 Å². The van der Waals surface area contributed by atoms with E-state index in [-0.39, 0.29) is 5.41 Å². The van der Waals surface area contributed by atoms with E-state index in [1.54, 1.807) is 0 Å². The fourth-order valence-corrected chi connectivity index (χ4v) is 2.98. The van der Waals surface area contributed by atoms with Crippen LogP contribution in [-0.2, 0) is 5.41 Å². The molecule has 0 heterocycles. The topological polar surface area (TPSA) is 15.3 Å². The maximum absolute atomic E-state index is 3.63. The predicted molar refractivity (Wildman–Crippen MR) is 93.9 cm³/mol. The number of nitrogens with zero attached hydrogens (tertiary/aromatic N) is 1. The van der Waals surface area contributed by atoms with E-state index in [9.17, 15) is 0 Å². The lowest BCUT2D eigenvalue weighted by Gasteiger charge is -2.37. The highest BCUT2D eigenvalue weighted by Gasteiger charge is 2.29. The van der Waals surface area contributed by atoms with Crippen molar-refractivity contribution in [2.45, 2.75) is 53.0 Å². The van der Waals surface area contributed by atoms with Crippen molar-refractivity contribution in [3.05, 3.63) is 35.9 Å². The lowest BCUT2D eigenvalue weighted by molar-refractivity contribution is 0.185. The van der Waals surface area contributed by atoms with Crippen molar-refractivity contribution in [3.63, 3.8) is 0 Å². The van der Waals surface area contributed by atoms with Gasteiger partial charge in [0.15, 0.2) is 0 Å². The van der Waals surface area contributed by atoms with Crippen molar-refractivity contribution in [1.29, 1.82) is 0 Å². The Labute approximate surface area is 131 Å². The molecule has 1 rings (SSSR count). The molecule has 0 saturated carbocycles. The summed E-state index contributed by atoms with van der Waals surface area (Å²) in [5.41, 5.74) is 1.88. The van der Waals surface area contributed by atoms with Crippen molar-refractivity contribution in [1.82, 2.24) is 10.2 Å². The van der Waals surface area contributed by atoms with E-state index in [0.29, 0.717) is 11.5 Å².